The van der Waals surface area contributed by atoms with Gasteiger partial charge in [0.05, 0.1) is 11.3 Å². The molecule has 7 heteroatoms. The quantitative estimate of drug-likeness (QED) is 0.463. The second-order valence-electron chi connectivity index (χ2n) is 12.4. The molecule has 2 aliphatic heterocycles. The van der Waals surface area contributed by atoms with E-state index in [0.717, 1.165) is 63.4 Å². The predicted molar refractivity (Wildman–Crippen MR) is 145 cm³/mol. The predicted octanol–water partition coefficient (Wildman–Crippen LogP) is 4.44. The van der Waals surface area contributed by atoms with Crippen molar-refractivity contribution in [2.24, 2.45) is 23.7 Å². The summed E-state index contributed by atoms with van der Waals surface area (Å²) in [5.41, 5.74) is 2.83. The van der Waals surface area contributed by atoms with Crippen molar-refractivity contribution in [1.82, 2.24) is 14.9 Å². The van der Waals surface area contributed by atoms with Crippen molar-refractivity contribution in [3.05, 3.63) is 28.7 Å². The third-order valence-corrected chi connectivity index (χ3v) is 9.76. The van der Waals surface area contributed by atoms with Crippen LogP contribution in [0.1, 0.15) is 83.3 Å². The van der Waals surface area contributed by atoms with Crippen molar-refractivity contribution in [3.8, 4) is 0 Å². The molecule has 1 N–H and O–H groups in total. The number of hydrogen-bond acceptors (Lipinski definition) is 7. The molecule has 37 heavy (non-hydrogen) atoms. The lowest BCUT2D eigenvalue weighted by Crippen LogP contribution is -2.56. The highest BCUT2D eigenvalue weighted by molar-refractivity contribution is 5.66. The molecular formula is C30H46N4O3. The van der Waals surface area contributed by atoms with Crippen LogP contribution in [0, 0.1) is 30.6 Å². The number of hydrogen-bond donors (Lipinski definition) is 1. The third-order valence-electron chi connectivity index (χ3n) is 9.76. The van der Waals surface area contributed by atoms with E-state index in [1.54, 1.807) is 0 Å². The maximum atomic E-state index is 11.9. The molecular weight excluding hydrogens is 464 g/mol. The van der Waals surface area contributed by atoms with Gasteiger partial charge in [-0.25, -0.2) is 9.97 Å². The van der Waals surface area contributed by atoms with E-state index in [9.17, 15) is 9.90 Å². The summed E-state index contributed by atoms with van der Waals surface area (Å²) in [5, 5.41) is 11.9. The van der Waals surface area contributed by atoms with Gasteiger partial charge in [0.15, 0.2) is 0 Å². The van der Waals surface area contributed by atoms with Gasteiger partial charge in [-0.2, -0.15) is 0 Å². The third kappa shape index (κ3) is 5.31. The molecule has 7 nitrogen and oxygen atoms in total. The fraction of sp³-hybridized carbons (Fsp3) is 0.767. The topological polar surface area (TPSA) is 78.8 Å². The minimum Gasteiger partial charge on any atom is -0.458 e. The number of piperidine rings is 1. The minimum atomic E-state index is -0.820. The lowest BCUT2D eigenvalue weighted by atomic mass is 9.57. The van der Waals surface area contributed by atoms with Crippen LogP contribution < -0.4 is 4.90 Å². The summed E-state index contributed by atoms with van der Waals surface area (Å²) in [6.45, 7) is 15.2. The fourth-order valence-electron chi connectivity index (χ4n) is 7.65. The smallest absolute Gasteiger partial charge is 0.303 e. The summed E-state index contributed by atoms with van der Waals surface area (Å²) in [7, 11) is 0. The average Bonchev–Trinajstić information content (AvgIpc) is 2.85. The molecule has 4 aliphatic rings. The van der Waals surface area contributed by atoms with Crippen LogP contribution in [0.4, 0.5) is 5.82 Å². The van der Waals surface area contributed by atoms with Crippen LogP contribution in [0.15, 0.2) is 11.6 Å². The number of fused-ring (bicyclic) bond motifs is 2. The van der Waals surface area contributed by atoms with Gasteiger partial charge in [-0.1, -0.05) is 19.9 Å². The number of aromatic nitrogens is 2. The van der Waals surface area contributed by atoms with Crippen LogP contribution in [-0.4, -0.2) is 63.8 Å². The Morgan fingerprint density at radius 1 is 1.19 bits per heavy atom. The van der Waals surface area contributed by atoms with Gasteiger partial charge in [0.25, 0.3) is 0 Å². The molecule has 0 unspecified atom stereocenters. The molecule has 6 atom stereocenters. The van der Waals surface area contributed by atoms with Gasteiger partial charge in [0.1, 0.15) is 17.7 Å². The van der Waals surface area contributed by atoms with E-state index in [4.69, 9.17) is 14.7 Å². The lowest BCUT2D eigenvalue weighted by molar-refractivity contribution is -0.159. The Kier molecular flexibility index (Phi) is 7.65. The summed E-state index contributed by atoms with van der Waals surface area (Å²) < 4.78 is 5.59. The van der Waals surface area contributed by atoms with E-state index in [-0.39, 0.29) is 23.9 Å². The molecule has 2 fully saturated rings. The molecule has 1 saturated heterocycles. The molecule has 0 radical (unpaired) electrons. The van der Waals surface area contributed by atoms with Gasteiger partial charge in [0.2, 0.25) is 0 Å². The molecule has 0 bridgehead atoms. The Morgan fingerprint density at radius 2 is 1.95 bits per heavy atom. The number of aryl methyl sites for hydroxylation is 1. The molecule has 0 amide bonds. The fourth-order valence-corrected chi connectivity index (χ4v) is 7.65. The summed E-state index contributed by atoms with van der Waals surface area (Å²) in [6, 6.07) is 0. The van der Waals surface area contributed by atoms with Gasteiger partial charge in [-0.15, -0.1) is 0 Å². The number of ether oxygens (including phenoxy) is 1. The van der Waals surface area contributed by atoms with E-state index >= 15 is 0 Å². The summed E-state index contributed by atoms with van der Waals surface area (Å²) in [4.78, 5) is 26.5. The first-order chi connectivity index (χ1) is 17.7. The number of carbonyl (C=O) groups excluding carboxylic acids is 1. The Bertz CT molecular complexity index is 1040. The highest BCUT2D eigenvalue weighted by Gasteiger charge is 2.52. The molecule has 0 spiro atoms. The number of aliphatic hydroxyl groups is 1. The average molecular weight is 511 g/mol. The Labute approximate surface area is 222 Å². The van der Waals surface area contributed by atoms with Crippen LogP contribution in [0.5, 0.6) is 0 Å². The molecule has 0 aromatic carbocycles. The monoisotopic (exact) mass is 510 g/mol. The number of anilines is 1. The molecule has 2 aliphatic carbocycles. The first kappa shape index (κ1) is 26.6. The molecule has 3 heterocycles. The van der Waals surface area contributed by atoms with Crippen LogP contribution >= 0.6 is 0 Å². The first-order valence-electron chi connectivity index (χ1n) is 14.6. The lowest BCUT2D eigenvalue weighted by Gasteiger charge is -2.53. The van der Waals surface area contributed by atoms with Crippen LogP contribution in [0.3, 0.4) is 0 Å². The number of rotatable bonds is 5. The van der Waals surface area contributed by atoms with E-state index in [2.05, 4.69) is 36.6 Å². The standard InChI is InChI=1S/C30H46N4O3/c1-19-15-26-24(10-9-21(3)30(26,36)16-28(19)37-23(5)35)20(2)17-33-14-11-25-27(18-33)31-22(4)32-29(25)34-12-7-6-8-13-34/h15,20-21,24,26,28,36H,6-14,16-18H2,1-5H3/t20-,21-,24+,26-,28-,30-/m1/s1. The molecule has 204 valence electrons. The highest BCUT2D eigenvalue weighted by atomic mass is 16.5. The zero-order valence-corrected chi connectivity index (χ0v) is 23.5. The van der Waals surface area contributed by atoms with E-state index in [1.807, 2.05) is 6.92 Å². The number of esters is 1. The van der Waals surface area contributed by atoms with E-state index < -0.39 is 5.60 Å². The minimum absolute atomic E-state index is 0.102. The van der Waals surface area contributed by atoms with Crippen LogP contribution in [0.25, 0.3) is 0 Å². The largest absolute Gasteiger partial charge is 0.458 e. The molecule has 1 aromatic rings. The maximum Gasteiger partial charge on any atom is 0.303 e. The van der Waals surface area contributed by atoms with Gasteiger partial charge < -0.3 is 14.7 Å². The summed E-state index contributed by atoms with van der Waals surface area (Å²) >= 11 is 0. The van der Waals surface area contributed by atoms with Gasteiger partial charge in [-0.3, -0.25) is 9.69 Å². The SMILES string of the molecule is CC(=O)O[C@@H]1C[C@@]2(O)[C@H](C)CC[C@@H]([C@H](C)CN3CCc4c(nc(C)nc4N4CCCCC4)C3)[C@H]2C=C1C. The molecule has 5 rings (SSSR count). The van der Waals surface area contributed by atoms with Crippen molar-refractivity contribution in [2.75, 3.05) is 31.1 Å². The Hall–Kier alpha value is -1.99. The van der Waals surface area contributed by atoms with Gasteiger partial charge in [-0.05, 0) is 75.7 Å². The Balaban J connectivity index is 1.31. The van der Waals surface area contributed by atoms with Gasteiger partial charge in [0, 0.05) is 57.5 Å². The zero-order chi connectivity index (χ0) is 26.3. The van der Waals surface area contributed by atoms with E-state index in [1.165, 1.54) is 43.3 Å². The summed E-state index contributed by atoms with van der Waals surface area (Å²) in [6.07, 6.45) is 9.41. The second kappa shape index (κ2) is 10.6. The first-order valence-corrected chi connectivity index (χ1v) is 14.6. The summed E-state index contributed by atoms with van der Waals surface area (Å²) in [5.74, 6) is 2.94. The van der Waals surface area contributed by atoms with Crippen LogP contribution in [-0.2, 0) is 22.5 Å². The highest BCUT2D eigenvalue weighted by Crippen LogP contribution is 2.51. The second-order valence-corrected chi connectivity index (χ2v) is 12.4. The molecule has 1 saturated carbocycles. The van der Waals surface area contributed by atoms with Crippen molar-refractivity contribution in [1.29, 1.82) is 0 Å². The van der Waals surface area contributed by atoms with Crippen molar-refractivity contribution >= 4 is 11.8 Å². The number of carbonyl (C=O) groups is 1. The van der Waals surface area contributed by atoms with Crippen LogP contribution in [0.2, 0.25) is 0 Å². The van der Waals surface area contributed by atoms with E-state index in [0.29, 0.717) is 18.3 Å². The maximum absolute atomic E-state index is 11.9. The van der Waals surface area contributed by atoms with Gasteiger partial charge >= 0.3 is 5.97 Å². The van der Waals surface area contributed by atoms with Crippen molar-refractivity contribution in [2.45, 2.75) is 97.8 Å². The molecule has 1 aromatic heterocycles. The number of nitrogens with zero attached hydrogens (tertiary/aromatic N) is 4. The Morgan fingerprint density at radius 3 is 2.68 bits per heavy atom. The van der Waals surface area contributed by atoms with Crippen molar-refractivity contribution in [3.63, 3.8) is 0 Å². The zero-order valence-electron chi connectivity index (χ0n) is 23.5. The van der Waals surface area contributed by atoms with Crippen molar-refractivity contribution < 1.29 is 14.6 Å². The normalized spacial score (nSPS) is 33.2.